The van der Waals surface area contributed by atoms with Gasteiger partial charge in [0.1, 0.15) is 0 Å². The molecular weight excluding hydrogens is 242 g/mol. The van der Waals surface area contributed by atoms with Crippen LogP contribution >= 0.6 is 0 Å². The quantitative estimate of drug-likeness (QED) is 0.759. The number of rotatable bonds is 5. The Labute approximate surface area is 113 Å². The number of hydrogen-bond acceptors (Lipinski definition) is 3. The van der Waals surface area contributed by atoms with Gasteiger partial charge in [0.2, 0.25) is 5.91 Å². The highest BCUT2D eigenvalue weighted by molar-refractivity contribution is 5.96. The largest absolute Gasteiger partial charge is 0.376 e. The molecular formula is C14H21N3O2. The van der Waals surface area contributed by atoms with Crippen LogP contribution in [0.15, 0.2) is 24.3 Å². The molecule has 5 heteroatoms. The summed E-state index contributed by atoms with van der Waals surface area (Å²) in [5.74, 6) is -0.00614. The van der Waals surface area contributed by atoms with Crippen molar-refractivity contribution in [2.45, 2.75) is 20.8 Å². The molecule has 19 heavy (non-hydrogen) atoms. The molecule has 1 aromatic carbocycles. The fourth-order valence-corrected chi connectivity index (χ4v) is 1.37. The average Bonchev–Trinajstić information content (AvgIpc) is 2.36. The van der Waals surface area contributed by atoms with Gasteiger partial charge < -0.3 is 10.6 Å². The summed E-state index contributed by atoms with van der Waals surface area (Å²) >= 11 is 0. The van der Waals surface area contributed by atoms with Crippen molar-refractivity contribution in [1.82, 2.24) is 10.6 Å². The first-order valence-electron chi connectivity index (χ1n) is 6.35. The summed E-state index contributed by atoms with van der Waals surface area (Å²) in [5.41, 5.74) is 2.01. The molecule has 0 aliphatic carbocycles. The van der Waals surface area contributed by atoms with Gasteiger partial charge in [0, 0.05) is 12.2 Å². The van der Waals surface area contributed by atoms with Gasteiger partial charge in [-0.2, -0.15) is 0 Å². The lowest BCUT2D eigenvalue weighted by atomic mass is 10.2. The second kappa shape index (κ2) is 7.41. The zero-order chi connectivity index (χ0) is 14.3. The van der Waals surface area contributed by atoms with E-state index < -0.39 is 6.03 Å². The van der Waals surface area contributed by atoms with Gasteiger partial charge in [-0.15, -0.1) is 0 Å². The van der Waals surface area contributed by atoms with Gasteiger partial charge in [0.05, 0.1) is 6.54 Å². The Balaban J connectivity index is 2.27. The molecule has 0 radical (unpaired) electrons. The lowest BCUT2D eigenvalue weighted by Crippen LogP contribution is -2.43. The van der Waals surface area contributed by atoms with Crippen molar-refractivity contribution in [3.8, 4) is 0 Å². The number of urea groups is 1. The van der Waals surface area contributed by atoms with Crippen LogP contribution in [0.5, 0.6) is 0 Å². The molecule has 104 valence electrons. The van der Waals surface area contributed by atoms with Crippen LogP contribution in [0.1, 0.15) is 19.4 Å². The third-order valence-corrected chi connectivity index (χ3v) is 2.43. The molecule has 0 bridgehead atoms. The van der Waals surface area contributed by atoms with Crippen molar-refractivity contribution in [3.05, 3.63) is 29.8 Å². The number of anilines is 1. The smallest absolute Gasteiger partial charge is 0.321 e. The molecule has 1 rings (SSSR count). The number of carbonyl (C=O) groups excluding carboxylic acids is 2. The Morgan fingerprint density at radius 2 is 1.79 bits per heavy atom. The lowest BCUT2D eigenvalue weighted by molar-refractivity contribution is -0.118. The van der Waals surface area contributed by atoms with Crippen molar-refractivity contribution < 1.29 is 9.59 Å². The number of imide groups is 1. The minimum absolute atomic E-state index is 0.0676. The molecule has 3 amide bonds. The Kier molecular flexibility index (Phi) is 5.85. The van der Waals surface area contributed by atoms with E-state index in [1.165, 1.54) is 0 Å². The second-order valence-corrected chi connectivity index (χ2v) is 4.87. The van der Waals surface area contributed by atoms with E-state index in [0.29, 0.717) is 12.5 Å². The first kappa shape index (κ1) is 15.0. The molecule has 0 aromatic heterocycles. The van der Waals surface area contributed by atoms with E-state index in [9.17, 15) is 9.59 Å². The maximum absolute atomic E-state index is 11.5. The number of hydrogen-bond donors (Lipinski definition) is 3. The van der Waals surface area contributed by atoms with E-state index in [2.05, 4.69) is 16.0 Å². The summed E-state index contributed by atoms with van der Waals surface area (Å²) in [6.45, 7) is 6.58. The van der Waals surface area contributed by atoms with Crippen molar-refractivity contribution in [2.24, 2.45) is 5.92 Å². The predicted octanol–water partition coefficient (Wildman–Crippen LogP) is 1.89. The Hall–Kier alpha value is -2.04. The zero-order valence-corrected chi connectivity index (χ0v) is 11.6. The van der Waals surface area contributed by atoms with Gasteiger partial charge in [-0.25, -0.2) is 4.79 Å². The van der Waals surface area contributed by atoms with E-state index >= 15 is 0 Å². The minimum Gasteiger partial charge on any atom is -0.376 e. The number of carbonyl (C=O) groups is 2. The van der Waals surface area contributed by atoms with Gasteiger partial charge in [-0.05, 0) is 25.0 Å². The van der Waals surface area contributed by atoms with Gasteiger partial charge in [0.15, 0.2) is 0 Å². The molecule has 0 fully saturated rings. The highest BCUT2D eigenvalue weighted by Gasteiger charge is 2.07. The summed E-state index contributed by atoms with van der Waals surface area (Å²) in [6.07, 6.45) is 0. The van der Waals surface area contributed by atoms with Crippen LogP contribution in [0.25, 0.3) is 0 Å². The molecule has 0 heterocycles. The highest BCUT2D eigenvalue weighted by atomic mass is 16.2. The van der Waals surface area contributed by atoms with Crippen molar-refractivity contribution in [1.29, 1.82) is 0 Å². The van der Waals surface area contributed by atoms with Crippen molar-refractivity contribution in [3.63, 3.8) is 0 Å². The van der Waals surface area contributed by atoms with E-state index in [4.69, 9.17) is 0 Å². The molecule has 0 saturated heterocycles. The van der Waals surface area contributed by atoms with Crippen LogP contribution in [-0.4, -0.2) is 25.0 Å². The first-order valence-corrected chi connectivity index (χ1v) is 6.35. The number of aryl methyl sites for hydroxylation is 1. The number of benzene rings is 1. The third kappa shape index (κ3) is 6.45. The number of amides is 3. The molecule has 0 unspecified atom stereocenters. The Bertz CT molecular complexity index is 427. The third-order valence-electron chi connectivity index (χ3n) is 2.43. The van der Waals surface area contributed by atoms with E-state index in [0.717, 1.165) is 11.3 Å². The normalized spacial score (nSPS) is 10.1. The van der Waals surface area contributed by atoms with Gasteiger partial charge in [0.25, 0.3) is 0 Å². The summed E-state index contributed by atoms with van der Waals surface area (Å²) < 4.78 is 0. The monoisotopic (exact) mass is 263 g/mol. The molecule has 5 nitrogen and oxygen atoms in total. The van der Waals surface area contributed by atoms with Crippen molar-refractivity contribution >= 4 is 17.6 Å². The summed E-state index contributed by atoms with van der Waals surface area (Å²) in [4.78, 5) is 22.8. The summed E-state index contributed by atoms with van der Waals surface area (Å²) in [6, 6.07) is 7.23. The molecule has 0 aliphatic heterocycles. The molecule has 0 aliphatic rings. The van der Waals surface area contributed by atoms with Gasteiger partial charge >= 0.3 is 6.03 Å². The molecule has 3 N–H and O–H groups in total. The predicted molar refractivity (Wildman–Crippen MR) is 76.0 cm³/mol. The van der Waals surface area contributed by atoms with Crippen LogP contribution in [0.3, 0.4) is 0 Å². The lowest BCUT2D eigenvalue weighted by Gasteiger charge is -2.09. The maximum Gasteiger partial charge on any atom is 0.321 e. The SMILES string of the molecule is Cc1ccc(NCC(=O)NC(=O)NCC(C)C)cc1. The van der Waals surface area contributed by atoms with Crippen LogP contribution < -0.4 is 16.0 Å². The van der Waals surface area contributed by atoms with Crippen LogP contribution in [-0.2, 0) is 4.79 Å². The average molecular weight is 263 g/mol. The van der Waals surface area contributed by atoms with E-state index in [1.54, 1.807) is 0 Å². The first-order chi connectivity index (χ1) is 8.97. The zero-order valence-electron chi connectivity index (χ0n) is 11.6. The fraction of sp³-hybridized carbons (Fsp3) is 0.429. The molecule has 0 spiro atoms. The van der Waals surface area contributed by atoms with E-state index in [-0.39, 0.29) is 12.5 Å². The Morgan fingerprint density at radius 3 is 2.37 bits per heavy atom. The maximum atomic E-state index is 11.5. The standard InChI is InChI=1S/C14H21N3O2/c1-10(2)8-16-14(19)17-13(18)9-15-12-6-4-11(3)5-7-12/h4-7,10,15H,8-9H2,1-3H3,(H2,16,17,18,19). The number of nitrogens with one attached hydrogen (secondary N) is 3. The topological polar surface area (TPSA) is 70.2 Å². The van der Waals surface area contributed by atoms with Crippen LogP contribution in [0.4, 0.5) is 10.5 Å². The molecule has 1 aromatic rings. The van der Waals surface area contributed by atoms with Crippen LogP contribution in [0, 0.1) is 12.8 Å². The highest BCUT2D eigenvalue weighted by Crippen LogP contribution is 2.07. The second-order valence-electron chi connectivity index (χ2n) is 4.87. The summed E-state index contributed by atoms with van der Waals surface area (Å²) in [5, 5.41) is 7.84. The van der Waals surface area contributed by atoms with Crippen LogP contribution in [0.2, 0.25) is 0 Å². The van der Waals surface area contributed by atoms with E-state index in [1.807, 2.05) is 45.0 Å². The van der Waals surface area contributed by atoms with Crippen molar-refractivity contribution in [2.75, 3.05) is 18.4 Å². The van der Waals surface area contributed by atoms with Gasteiger partial charge in [-0.3, -0.25) is 10.1 Å². The fourth-order valence-electron chi connectivity index (χ4n) is 1.37. The summed E-state index contributed by atoms with van der Waals surface area (Å²) in [7, 11) is 0. The molecule has 0 saturated carbocycles. The minimum atomic E-state index is -0.454. The van der Waals surface area contributed by atoms with Gasteiger partial charge in [-0.1, -0.05) is 31.5 Å². The Morgan fingerprint density at radius 1 is 1.16 bits per heavy atom. The molecule has 0 atom stereocenters.